The molecule has 2 fully saturated rings. The van der Waals surface area contributed by atoms with Crippen LogP contribution in [0.3, 0.4) is 0 Å². The first-order valence-electron chi connectivity index (χ1n) is 10.1. The van der Waals surface area contributed by atoms with Crippen molar-refractivity contribution < 1.29 is 18.4 Å². The maximum Gasteiger partial charge on any atom is 0.227 e. The standard InChI is InChI=1S/C21H26FN3O3/c22-18-5-1-3-15(11-18)13-20(26)25-8-2-4-16(14-25)12-19-23-21(24-28-19)17-6-9-27-10-7-17/h1,3,5,11,16-17H,2,4,6-10,12-14H2. The van der Waals surface area contributed by atoms with Gasteiger partial charge in [0.2, 0.25) is 11.8 Å². The molecular weight excluding hydrogens is 361 g/mol. The number of rotatable bonds is 5. The molecule has 0 spiro atoms. The van der Waals surface area contributed by atoms with Crippen LogP contribution in [0.2, 0.25) is 0 Å². The zero-order chi connectivity index (χ0) is 19.3. The number of benzene rings is 1. The van der Waals surface area contributed by atoms with Crippen molar-refractivity contribution in [2.75, 3.05) is 26.3 Å². The molecule has 2 aliphatic rings. The summed E-state index contributed by atoms with van der Waals surface area (Å²) in [7, 11) is 0. The Labute approximate surface area is 164 Å². The van der Waals surface area contributed by atoms with E-state index in [0.29, 0.717) is 36.3 Å². The summed E-state index contributed by atoms with van der Waals surface area (Å²) in [6, 6.07) is 6.25. The molecule has 1 aromatic carbocycles. The van der Waals surface area contributed by atoms with E-state index in [1.54, 1.807) is 12.1 Å². The monoisotopic (exact) mass is 387 g/mol. The molecule has 6 nitrogen and oxygen atoms in total. The topological polar surface area (TPSA) is 68.5 Å². The number of amides is 1. The molecule has 2 saturated heterocycles. The van der Waals surface area contributed by atoms with Crippen LogP contribution in [0.15, 0.2) is 28.8 Å². The molecule has 1 aromatic heterocycles. The van der Waals surface area contributed by atoms with Gasteiger partial charge in [-0.3, -0.25) is 4.79 Å². The number of piperidine rings is 1. The summed E-state index contributed by atoms with van der Waals surface area (Å²) in [5.41, 5.74) is 0.713. The maximum atomic E-state index is 13.3. The van der Waals surface area contributed by atoms with Gasteiger partial charge in [-0.2, -0.15) is 4.98 Å². The summed E-state index contributed by atoms with van der Waals surface area (Å²) in [6.45, 7) is 2.93. The number of halogens is 1. The fourth-order valence-corrected chi connectivity index (χ4v) is 4.11. The number of carbonyl (C=O) groups is 1. The minimum atomic E-state index is -0.307. The number of nitrogens with zero attached hydrogens (tertiary/aromatic N) is 3. The minimum absolute atomic E-state index is 0.0451. The maximum absolute atomic E-state index is 13.3. The lowest BCUT2D eigenvalue weighted by molar-refractivity contribution is -0.132. The van der Waals surface area contributed by atoms with Crippen molar-refractivity contribution >= 4 is 5.91 Å². The molecule has 150 valence electrons. The Bertz CT molecular complexity index is 804. The third-order valence-electron chi connectivity index (χ3n) is 5.65. The first-order chi connectivity index (χ1) is 13.7. The van der Waals surface area contributed by atoms with Crippen LogP contribution in [0, 0.1) is 11.7 Å². The fraction of sp³-hybridized carbons (Fsp3) is 0.571. The van der Waals surface area contributed by atoms with E-state index in [1.807, 2.05) is 4.90 Å². The summed E-state index contributed by atoms with van der Waals surface area (Å²) < 4.78 is 24.2. The zero-order valence-corrected chi connectivity index (χ0v) is 16.0. The van der Waals surface area contributed by atoms with Crippen LogP contribution < -0.4 is 0 Å². The Morgan fingerprint density at radius 3 is 2.93 bits per heavy atom. The van der Waals surface area contributed by atoms with E-state index in [4.69, 9.17) is 9.26 Å². The highest BCUT2D eigenvalue weighted by Gasteiger charge is 2.27. The molecule has 1 atom stereocenters. The number of hydrogen-bond donors (Lipinski definition) is 0. The lowest BCUT2D eigenvalue weighted by Gasteiger charge is -2.32. The van der Waals surface area contributed by atoms with Gasteiger partial charge in [-0.15, -0.1) is 0 Å². The van der Waals surface area contributed by atoms with Gasteiger partial charge in [-0.05, 0) is 49.3 Å². The predicted molar refractivity (Wildman–Crippen MR) is 100 cm³/mol. The summed E-state index contributed by atoms with van der Waals surface area (Å²) >= 11 is 0. The van der Waals surface area contributed by atoms with E-state index in [9.17, 15) is 9.18 Å². The zero-order valence-electron chi connectivity index (χ0n) is 16.0. The molecule has 7 heteroatoms. The number of aromatic nitrogens is 2. The Hall–Kier alpha value is -2.28. The number of hydrogen-bond acceptors (Lipinski definition) is 5. The molecule has 0 bridgehead atoms. The second kappa shape index (κ2) is 8.82. The van der Waals surface area contributed by atoms with Crippen LogP contribution >= 0.6 is 0 Å². The highest BCUT2D eigenvalue weighted by Crippen LogP contribution is 2.26. The van der Waals surface area contributed by atoms with E-state index in [-0.39, 0.29) is 18.1 Å². The van der Waals surface area contributed by atoms with Gasteiger partial charge >= 0.3 is 0 Å². The molecular formula is C21H26FN3O3. The van der Waals surface area contributed by atoms with Crippen molar-refractivity contribution in [1.82, 2.24) is 15.0 Å². The molecule has 2 aromatic rings. The Morgan fingerprint density at radius 2 is 2.11 bits per heavy atom. The molecule has 3 heterocycles. The SMILES string of the molecule is O=C(Cc1cccc(F)c1)N1CCCC(Cc2nc(C3CCOCC3)no2)C1. The van der Waals surface area contributed by atoms with Crippen molar-refractivity contribution in [3.05, 3.63) is 47.4 Å². The molecule has 1 amide bonds. The van der Waals surface area contributed by atoms with Crippen molar-refractivity contribution in [2.45, 2.75) is 44.4 Å². The first kappa shape index (κ1) is 19.1. The lowest BCUT2D eigenvalue weighted by Crippen LogP contribution is -2.41. The molecule has 4 rings (SSSR count). The molecule has 0 radical (unpaired) electrons. The molecule has 0 N–H and O–H groups in total. The molecule has 0 aliphatic carbocycles. The Balaban J connectivity index is 1.32. The van der Waals surface area contributed by atoms with Gasteiger partial charge < -0.3 is 14.2 Å². The first-order valence-corrected chi connectivity index (χ1v) is 10.1. The van der Waals surface area contributed by atoms with Crippen molar-refractivity contribution in [3.8, 4) is 0 Å². The van der Waals surface area contributed by atoms with Crippen molar-refractivity contribution in [3.63, 3.8) is 0 Å². The normalized spacial score (nSPS) is 21.0. The van der Waals surface area contributed by atoms with Gasteiger partial charge in [0.1, 0.15) is 5.82 Å². The summed E-state index contributed by atoms with van der Waals surface area (Å²) in [5, 5.41) is 4.17. The lowest BCUT2D eigenvalue weighted by atomic mass is 9.94. The number of ether oxygens (including phenoxy) is 1. The van der Waals surface area contributed by atoms with Crippen LogP contribution in [0.5, 0.6) is 0 Å². The second-order valence-corrected chi connectivity index (χ2v) is 7.79. The highest BCUT2D eigenvalue weighted by atomic mass is 19.1. The number of likely N-dealkylation sites (tertiary alicyclic amines) is 1. The van der Waals surface area contributed by atoms with Gasteiger partial charge in [-0.25, -0.2) is 4.39 Å². The van der Waals surface area contributed by atoms with Gasteiger partial charge in [0.05, 0.1) is 6.42 Å². The highest BCUT2D eigenvalue weighted by molar-refractivity contribution is 5.78. The van der Waals surface area contributed by atoms with Crippen LogP contribution in [0.4, 0.5) is 4.39 Å². The summed E-state index contributed by atoms with van der Waals surface area (Å²) in [6.07, 6.45) is 4.80. The Kier molecular flexibility index (Phi) is 6.00. The second-order valence-electron chi connectivity index (χ2n) is 7.79. The fourth-order valence-electron chi connectivity index (χ4n) is 4.11. The average molecular weight is 387 g/mol. The molecule has 0 saturated carbocycles. The minimum Gasteiger partial charge on any atom is -0.381 e. The van der Waals surface area contributed by atoms with E-state index in [1.165, 1.54) is 12.1 Å². The van der Waals surface area contributed by atoms with E-state index >= 15 is 0 Å². The van der Waals surface area contributed by atoms with Gasteiger partial charge in [0.15, 0.2) is 5.82 Å². The third-order valence-corrected chi connectivity index (χ3v) is 5.65. The van der Waals surface area contributed by atoms with E-state index in [0.717, 1.165) is 51.3 Å². The quantitative estimate of drug-likeness (QED) is 0.788. The van der Waals surface area contributed by atoms with Crippen LogP contribution in [-0.4, -0.2) is 47.3 Å². The Morgan fingerprint density at radius 1 is 1.25 bits per heavy atom. The van der Waals surface area contributed by atoms with Gasteiger partial charge in [0.25, 0.3) is 0 Å². The van der Waals surface area contributed by atoms with E-state index < -0.39 is 0 Å². The summed E-state index contributed by atoms with van der Waals surface area (Å²) in [4.78, 5) is 19.1. The summed E-state index contributed by atoms with van der Waals surface area (Å²) in [5.74, 6) is 1.82. The smallest absolute Gasteiger partial charge is 0.227 e. The van der Waals surface area contributed by atoms with Gasteiger partial charge in [-0.1, -0.05) is 17.3 Å². The van der Waals surface area contributed by atoms with Gasteiger partial charge in [0, 0.05) is 38.6 Å². The molecule has 28 heavy (non-hydrogen) atoms. The van der Waals surface area contributed by atoms with Crippen LogP contribution in [0.1, 0.15) is 48.9 Å². The van der Waals surface area contributed by atoms with Crippen molar-refractivity contribution in [1.29, 1.82) is 0 Å². The van der Waals surface area contributed by atoms with Crippen LogP contribution in [0.25, 0.3) is 0 Å². The largest absolute Gasteiger partial charge is 0.381 e. The van der Waals surface area contributed by atoms with Crippen molar-refractivity contribution in [2.24, 2.45) is 5.92 Å². The van der Waals surface area contributed by atoms with Crippen LogP contribution in [-0.2, 0) is 22.4 Å². The predicted octanol–water partition coefficient (Wildman–Crippen LogP) is 3.13. The number of carbonyl (C=O) groups excluding carboxylic acids is 1. The third kappa shape index (κ3) is 4.76. The van der Waals surface area contributed by atoms with E-state index in [2.05, 4.69) is 10.1 Å². The average Bonchev–Trinajstić information content (AvgIpc) is 3.17. The molecule has 1 unspecified atom stereocenters. The molecule has 2 aliphatic heterocycles.